The number of aliphatic hydroxyl groups is 1. The van der Waals surface area contributed by atoms with E-state index in [2.05, 4.69) is 15.5 Å². The van der Waals surface area contributed by atoms with Crippen molar-refractivity contribution in [3.05, 3.63) is 65.5 Å². The van der Waals surface area contributed by atoms with Crippen molar-refractivity contribution >= 4 is 17.5 Å². The minimum atomic E-state index is -0.997. The number of carbonyl (C=O) groups is 2. The standard InChI is InChI=1S/C30H40FN3O3/c1-22(35)25-6-5-9-28(19-25)33-29(36)32-20-30(37,26-7-3-2-4-8-26)21-34-16-14-24(15-17-34)18-23-10-12-27(31)13-11-23/h5-6,9-13,19,24,26,37H,2-4,7-8,14-18,20-21H2,1H3,(H2,32,33,36)/t30-/m1/s1. The van der Waals surface area contributed by atoms with E-state index in [9.17, 15) is 19.1 Å². The van der Waals surface area contributed by atoms with Crippen LogP contribution in [0.2, 0.25) is 0 Å². The normalized spacial score (nSPS) is 19.2. The van der Waals surface area contributed by atoms with Gasteiger partial charge in [-0.3, -0.25) is 4.79 Å². The van der Waals surface area contributed by atoms with E-state index in [1.54, 1.807) is 24.3 Å². The van der Waals surface area contributed by atoms with E-state index >= 15 is 0 Å². The average molecular weight is 510 g/mol. The Kier molecular flexibility index (Phi) is 9.33. The molecular weight excluding hydrogens is 469 g/mol. The molecule has 0 radical (unpaired) electrons. The van der Waals surface area contributed by atoms with Crippen LogP contribution in [0.25, 0.3) is 0 Å². The monoisotopic (exact) mass is 509 g/mol. The van der Waals surface area contributed by atoms with Gasteiger partial charge in [0.15, 0.2) is 5.78 Å². The Labute approximate surface area is 219 Å². The van der Waals surface area contributed by atoms with Gasteiger partial charge in [-0.25, -0.2) is 9.18 Å². The molecule has 3 N–H and O–H groups in total. The molecule has 1 saturated carbocycles. The van der Waals surface area contributed by atoms with Gasteiger partial charge >= 0.3 is 6.03 Å². The molecule has 1 atom stereocenters. The van der Waals surface area contributed by atoms with E-state index in [4.69, 9.17) is 0 Å². The predicted molar refractivity (Wildman–Crippen MR) is 144 cm³/mol. The number of likely N-dealkylation sites (tertiary alicyclic amines) is 1. The summed E-state index contributed by atoms with van der Waals surface area (Å²) in [5.41, 5.74) is 1.26. The van der Waals surface area contributed by atoms with Crippen molar-refractivity contribution < 1.29 is 19.1 Å². The maximum atomic E-state index is 13.2. The number of ketones is 1. The molecule has 2 aromatic carbocycles. The van der Waals surface area contributed by atoms with Crippen LogP contribution < -0.4 is 10.6 Å². The predicted octanol–water partition coefficient (Wildman–Crippen LogP) is 5.42. The molecule has 0 unspecified atom stereocenters. The van der Waals surface area contributed by atoms with Crippen molar-refractivity contribution in [3.8, 4) is 0 Å². The molecule has 1 saturated heterocycles. The van der Waals surface area contributed by atoms with Crippen LogP contribution in [-0.2, 0) is 6.42 Å². The summed E-state index contributed by atoms with van der Waals surface area (Å²) in [5.74, 6) is 0.447. The second kappa shape index (κ2) is 12.7. The van der Waals surface area contributed by atoms with Crippen LogP contribution >= 0.6 is 0 Å². The lowest BCUT2D eigenvalue weighted by molar-refractivity contribution is -0.0591. The van der Waals surface area contributed by atoms with Crippen LogP contribution in [0.3, 0.4) is 0 Å². The third kappa shape index (κ3) is 7.86. The van der Waals surface area contributed by atoms with Crippen LogP contribution in [0.5, 0.6) is 0 Å². The Bertz CT molecular complexity index is 1050. The summed E-state index contributed by atoms with van der Waals surface area (Å²) in [5, 5.41) is 17.6. The minimum Gasteiger partial charge on any atom is -0.386 e. The molecule has 2 aromatic rings. The summed E-state index contributed by atoms with van der Waals surface area (Å²) in [6, 6.07) is 13.3. The quantitative estimate of drug-likeness (QED) is 0.395. The molecule has 6 nitrogen and oxygen atoms in total. The van der Waals surface area contributed by atoms with Gasteiger partial charge in [-0.1, -0.05) is 43.5 Å². The Morgan fingerprint density at radius 1 is 1.03 bits per heavy atom. The van der Waals surface area contributed by atoms with Gasteiger partial charge in [0.2, 0.25) is 0 Å². The second-order valence-electron chi connectivity index (χ2n) is 10.9. The minimum absolute atomic E-state index is 0.0582. The molecule has 1 aliphatic heterocycles. The summed E-state index contributed by atoms with van der Waals surface area (Å²) in [7, 11) is 0. The average Bonchev–Trinajstić information content (AvgIpc) is 2.91. The smallest absolute Gasteiger partial charge is 0.319 e. The molecule has 2 amide bonds. The lowest BCUT2D eigenvalue weighted by Gasteiger charge is -2.43. The van der Waals surface area contributed by atoms with E-state index in [0.29, 0.717) is 23.7 Å². The van der Waals surface area contributed by atoms with Crippen molar-refractivity contribution in [1.29, 1.82) is 0 Å². The summed E-state index contributed by atoms with van der Waals surface area (Å²) in [6.45, 7) is 4.04. The number of urea groups is 1. The number of halogens is 1. The molecule has 2 aliphatic rings. The Hall–Kier alpha value is -2.77. The topological polar surface area (TPSA) is 81.7 Å². The number of rotatable bonds is 9. The molecule has 200 valence electrons. The third-order valence-corrected chi connectivity index (χ3v) is 8.09. The molecular formula is C30H40FN3O3. The number of anilines is 1. The van der Waals surface area contributed by atoms with Crippen LogP contribution in [-0.4, -0.2) is 53.6 Å². The highest BCUT2D eigenvalue weighted by atomic mass is 19.1. The lowest BCUT2D eigenvalue weighted by atomic mass is 9.76. The fraction of sp³-hybridized carbons (Fsp3) is 0.533. The molecule has 4 rings (SSSR count). The first-order valence-corrected chi connectivity index (χ1v) is 13.7. The van der Waals surface area contributed by atoms with E-state index in [1.807, 2.05) is 12.1 Å². The van der Waals surface area contributed by atoms with Gasteiger partial charge in [0.25, 0.3) is 0 Å². The van der Waals surface area contributed by atoms with E-state index < -0.39 is 5.60 Å². The van der Waals surface area contributed by atoms with Crippen molar-refractivity contribution in [2.45, 2.75) is 63.9 Å². The molecule has 1 aliphatic carbocycles. The first-order chi connectivity index (χ1) is 17.8. The lowest BCUT2D eigenvalue weighted by Crippen LogP contribution is -2.57. The zero-order chi connectivity index (χ0) is 26.3. The highest BCUT2D eigenvalue weighted by Gasteiger charge is 2.39. The van der Waals surface area contributed by atoms with E-state index in [0.717, 1.165) is 58.0 Å². The number of hydrogen-bond donors (Lipinski definition) is 3. The van der Waals surface area contributed by atoms with Crippen molar-refractivity contribution in [2.75, 3.05) is 31.5 Å². The maximum absolute atomic E-state index is 13.2. The Morgan fingerprint density at radius 2 is 1.73 bits per heavy atom. The first-order valence-electron chi connectivity index (χ1n) is 13.7. The zero-order valence-corrected chi connectivity index (χ0v) is 21.8. The number of hydrogen-bond acceptors (Lipinski definition) is 4. The number of carbonyl (C=O) groups excluding carboxylic acids is 2. The zero-order valence-electron chi connectivity index (χ0n) is 21.8. The van der Waals surface area contributed by atoms with Gasteiger partial charge in [0.05, 0.1) is 5.60 Å². The number of nitrogens with one attached hydrogen (secondary N) is 2. The van der Waals surface area contributed by atoms with Crippen LogP contribution in [0.4, 0.5) is 14.9 Å². The van der Waals surface area contributed by atoms with E-state index in [1.165, 1.54) is 31.0 Å². The molecule has 37 heavy (non-hydrogen) atoms. The Morgan fingerprint density at radius 3 is 2.41 bits per heavy atom. The van der Waals surface area contributed by atoms with Crippen LogP contribution in [0.15, 0.2) is 48.5 Å². The molecule has 2 fully saturated rings. The highest BCUT2D eigenvalue weighted by Crippen LogP contribution is 2.34. The largest absolute Gasteiger partial charge is 0.386 e. The highest BCUT2D eigenvalue weighted by molar-refractivity contribution is 5.96. The summed E-state index contributed by atoms with van der Waals surface area (Å²) in [4.78, 5) is 26.7. The number of amides is 2. The molecule has 0 aromatic heterocycles. The number of nitrogens with zero attached hydrogens (tertiary/aromatic N) is 1. The van der Waals surface area contributed by atoms with Crippen molar-refractivity contribution in [2.24, 2.45) is 11.8 Å². The van der Waals surface area contributed by atoms with E-state index in [-0.39, 0.29) is 30.1 Å². The van der Waals surface area contributed by atoms with Crippen LogP contribution in [0.1, 0.15) is 67.8 Å². The number of piperidine rings is 1. The maximum Gasteiger partial charge on any atom is 0.319 e. The Balaban J connectivity index is 1.33. The van der Waals surface area contributed by atoms with Gasteiger partial charge in [-0.15, -0.1) is 0 Å². The SMILES string of the molecule is CC(=O)c1cccc(NC(=O)NC[C@@](O)(CN2CCC(Cc3ccc(F)cc3)CC2)C2CCCCC2)c1. The molecule has 0 bridgehead atoms. The van der Waals surface area contributed by atoms with Gasteiger partial charge in [0.1, 0.15) is 5.82 Å². The molecule has 7 heteroatoms. The van der Waals surface area contributed by atoms with Gasteiger partial charge in [-0.05, 0) is 93.8 Å². The van der Waals surface area contributed by atoms with Crippen molar-refractivity contribution in [1.82, 2.24) is 10.2 Å². The second-order valence-corrected chi connectivity index (χ2v) is 10.9. The summed E-state index contributed by atoms with van der Waals surface area (Å²) >= 11 is 0. The molecule has 1 heterocycles. The fourth-order valence-corrected chi connectivity index (χ4v) is 5.88. The summed E-state index contributed by atoms with van der Waals surface area (Å²) < 4.78 is 13.2. The fourth-order valence-electron chi connectivity index (χ4n) is 5.88. The number of benzene rings is 2. The first kappa shape index (κ1) is 27.3. The third-order valence-electron chi connectivity index (χ3n) is 8.09. The molecule has 0 spiro atoms. The number of Topliss-reactive ketones (excluding diaryl/α,β-unsaturated/α-hetero) is 1. The van der Waals surface area contributed by atoms with Gasteiger partial charge in [0, 0.05) is 24.3 Å². The van der Waals surface area contributed by atoms with Crippen molar-refractivity contribution in [3.63, 3.8) is 0 Å². The number of β-amino-alcohol motifs (C(OH)–C–C–N with tert-alkyl or cyclic N) is 1. The van der Waals surface area contributed by atoms with Crippen LogP contribution in [0, 0.1) is 17.7 Å². The van der Waals surface area contributed by atoms with Gasteiger partial charge in [-0.2, -0.15) is 0 Å². The summed E-state index contributed by atoms with van der Waals surface area (Å²) in [6.07, 6.45) is 8.39. The van der Waals surface area contributed by atoms with Gasteiger partial charge < -0.3 is 20.6 Å².